The highest BCUT2D eigenvalue weighted by Gasteiger charge is 2.23. The molecule has 0 bridgehead atoms. The molecule has 0 spiro atoms. The van der Waals surface area contributed by atoms with E-state index in [1.54, 1.807) is 6.20 Å². The van der Waals surface area contributed by atoms with Crippen LogP contribution in [0.2, 0.25) is 0 Å². The molecule has 0 saturated carbocycles. The molecule has 2 aromatic heterocycles. The minimum absolute atomic E-state index is 0.173. The summed E-state index contributed by atoms with van der Waals surface area (Å²) >= 11 is 5.91. The van der Waals surface area contributed by atoms with Crippen LogP contribution in [-0.2, 0) is 6.67 Å². The highest BCUT2D eigenvalue weighted by atomic mass is 32.1. The molecule has 1 aliphatic rings. The molecule has 0 aliphatic carbocycles. The van der Waals surface area contributed by atoms with Crippen molar-refractivity contribution in [1.29, 1.82) is 0 Å². The number of nitrogens with zero attached hydrogens (tertiary/aromatic N) is 4. The number of quaternary nitrogens is 1. The second-order valence-electron chi connectivity index (χ2n) is 8.04. The van der Waals surface area contributed by atoms with Crippen LogP contribution in [0.4, 0.5) is 0 Å². The molecule has 4 rings (SSSR count). The van der Waals surface area contributed by atoms with Crippen molar-refractivity contribution < 1.29 is 10.0 Å². The lowest BCUT2D eigenvalue weighted by molar-refractivity contribution is -0.929. The van der Waals surface area contributed by atoms with Crippen LogP contribution in [0.5, 0.6) is 0 Å². The smallest absolute Gasteiger partial charge is 0.207 e. The summed E-state index contributed by atoms with van der Waals surface area (Å²) in [5.74, 6) is 1.18. The summed E-state index contributed by atoms with van der Waals surface area (Å²) in [6.07, 6.45) is 5.09. The molecule has 0 unspecified atom stereocenters. The van der Waals surface area contributed by atoms with Gasteiger partial charge in [0.2, 0.25) is 4.77 Å². The van der Waals surface area contributed by atoms with Crippen molar-refractivity contribution >= 4 is 12.2 Å². The first-order chi connectivity index (χ1) is 14.0. The fourth-order valence-electron chi connectivity index (χ4n) is 3.97. The maximum Gasteiger partial charge on any atom is 0.207 e. The van der Waals surface area contributed by atoms with Gasteiger partial charge in [0.15, 0.2) is 12.5 Å². The molecule has 6 nitrogen and oxygen atoms in total. The summed E-state index contributed by atoms with van der Waals surface area (Å²) in [5, 5.41) is 14.7. The summed E-state index contributed by atoms with van der Waals surface area (Å²) in [6.45, 7) is 6.95. The van der Waals surface area contributed by atoms with Gasteiger partial charge in [0, 0.05) is 30.8 Å². The minimum atomic E-state index is -0.173. The molecule has 1 aliphatic heterocycles. The van der Waals surface area contributed by atoms with Crippen LogP contribution in [0.1, 0.15) is 38.2 Å². The maximum absolute atomic E-state index is 9.81. The van der Waals surface area contributed by atoms with Gasteiger partial charge in [-0.3, -0.25) is 9.55 Å². The summed E-state index contributed by atoms with van der Waals surface area (Å²) in [4.78, 5) is 5.68. The molecular formula is C22H28N5OS+. The molecule has 0 radical (unpaired) electrons. The zero-order valence-electron chi connectivity index (χ0n) is 17.0. The molecule has 152 valence electrons. The first-order valence-electron chi connectivity index (χ1n) is 10.3. The summed E-state index contributed by atoms with van der Waals surface area (Å²) in [5.41, 5.74) is 3.25. The van der Waals surface area contributed by atoms with Crippen molar-refractivity contribution in [1.82, 2.24) is 19.3 Å². The van der Waals surface area contributed by atoms with Crippen molar-refractivity contribution in [2.75, 3.05) is 13.1 Å². The molecule has 7 heteroatoms. The number of aliphatic hydroxyl groups is 1. The Labute approximate surface area is 176 Å². The van der Waals surface area contributed by atoms with Gasteiger partial charge in [-0.1, -0.05) is 32.0 Å². The van der Waals surface area contributed by atoms with Gasteiger partial charge in [-0.2, -0.15) is 4.68 Å². The Morgan fingerprint density at radius 3 is 2.62 bits per heavy atom. The monoisotopic (exact) mass is 410 g/mol. The quantitative estimate of drug-likeness (QED) is 0.635. The van der Waals surface area contributed by atoms with E-state index >= 15 is 0 Å². The number of aromatic nitrogens is 4. The number of pyridine rings is 1. The Balaban J connectivity index is 1.81. The lowest BCUT2D eigenvalue weighted by Gasteiger charge is -2.26. The van der Waals surface area contributed by atoms with E-state index in [0.717, 1.165) is 43.0 Å². The van der Waals surface area contributed by atoms with Gasteiger partial charge < -0.3 is 10.0 Å². The van der Waals surface area contributed by atoms with Crippen LogP contribution in [-0.4, -0.2) is 43.6 Å². The van der Waals surface area contributed by atoms with Gasteiger partial charge in [-0.15, -0.1) is 5.10 Å². The van der Waals surface area contributed by atoms with Crippen molar-refractivity contribution in [2.45, 2.75) is 45.4 Å². The van der Waals surface area contributed by atoms with Gasteiger partial charge in [0.1, 0.15) is 0 Å². The van der Waals surface area contributed by atoms with Crippen LogP contribution in [0, 0.1) is 4.77 Å². The SMILES string of the molecule is CC(C)c1ccccc1-n1c(-c2cccnc2)nn(C[NH+]2CCC(O)CC2)c1=S. The summed E-state index contributed by atoms with van der Waals surface area (Å²) < 4.78 is 4.71. The van der Waals surface area contributed by atoms with E-state index in [1.165, 1.54) is 10.5 Å². The van der Waals surface area contributed by atoms with Gasteiger partial charge >= 0.3 is 0 Å². The van der Waals surface area contributed by atoms with Crippen molar-refractivity contribution in [3.8, 4) is 17.1 Å². The Morgan fingerprint density at radius 2 is 1.93 bits per heavy atom. The zero-order chi connectivity index (χ0) is 20.4. The van der Waals surface area contributed by atoms with Crippen molar-refractivity contribution in [3.63, 3.8) is 0 Å². The van der Waals surface area contributed by atoms with E-state index in [1.807, 2.05) is 29.1 Å². The number of likely N-dealkylation sites (tertiary alicyclic amines) is 1. The average molecular weight is 411 g/mol. The average Bonchev–Trinajstić information content (AvgIpc) is 3.06. The van der Waals surface area contributed by atoms with E-state index in [-0.39, 0.29) is 6.10 Å². The molecule has 2 N–H and O–H groups in total. The van der Waals surface area contributed by atoms with Crippen LogP contribution >= 0.6 is 12.2 Å². The van der Waals surface area contributed by atoms with Crippen LogP contribution < -0.4 is 4.90 Å². The van der Waals surface area contributed by atoms with E-state index in [0.29, 0.717) is 17.4 Å². The molecule has 1 saturated heterocycles. The Bertz CT molecular complexity index is 1020. The van der Waals surface area contributed by atoms with Gasteiger partial charge in [0.25, 0.3) is 0 Å². The lowest BCUT2D eigenvalue weighted by atomic mass is 10.0. The molecule has 1 fully saturated rings. The Kier molecular flexibility index (Phi) is 5.89. The molecular weight excluding hydrogens is 382 g/mol. The molecule has 0 atom stereocenters. The summed E-state index contributed by atoms with van der Waals surface area (Å²) in [6, 6.07) is 12.3. The fourth-order valence-corrected chi connectivity index (χ4v) is 4.26. The van der Waals surface area contributed by atoms with Crippen LogP contribution in [0.3, 0.4) is 0 Å². The summed E-state index contributed by atoms with van der Waals surface area (Å²) in [7, 11) is 0. The number of aliphatic hydroxyl groups excluding tert-OH is 1. The minimum Gasteiger partial charge on any atom is -0.393 e. The zero-order valence-corrected chi connectivity index (χ0v) is 17.8. The third-order valence-electron chi connectivity index (χ3n) is 5.59. The lowest BCUT2D eigenvalue weighted by Crippen LogP contribution is -3.12. The number of rotatable bonds is 5. The fraction of sp³-hybridized carbons (Fsp3) is 0.409. The molecule has 3 heterocycles. The number of nitrogens with one attached hydrogen (secondary N) is 1. The first kappa shape index (κ1) is 19.9. The standard InChI is InChI=1S/C22H27N5OS/c1-16(2)19-7-3-4-8-20(19)27-21(17-6-5-11-23-14-17)24-26(22(27)29)15-25-12-9-18(28)10-13-25/h3-8,11,14,16,18,28H,9-10,12-13,15H2,1-2H3/p+1. The first-order valence-corrected chi connectivity index (χ1v) is 10.7. The number of benzene rings is 1. The number of hydrogen-bond acceptors (Lipinski definition) is 4. The number of piperidine rings is 1. The predicted molar refractivity (Wildman–Crippen MR) is 116 cm³/mol. The van der Waals surface area contributed by atoms with Crippen molar-refractivity contribution in [3.05, 3.63) is 59.1 Å². The van der Waals surface area contributed by atoms with Crippen molar-refractivity contribution in [2.24, 2.45) is 0 Å². The van der Waals surface area contributed by atoms with Crippen LogP contribution in [0.15, 0.2) is 48.8 Å². The molecule has 1 aromatic carbocycles. The van der Waals surface area contributed by atoms with Gasteiger partial charge in [-0.05, 0) is 41.9 Å². The third kappa shape index (κ3) is 4.17. The Morgan fingerprint density at radius 1 is 1.17 bits per heavy atom. The van der Waals surface area contributed by atoms with Gasteiger partial charge in [0.05, 0.1) is 24.9 Å². The molecule has 0 amide bonds. The van der Waals surface area contributed by atoms with E-state index in [2.05, 4.69) is 41.6 Å². The highest BCUT2D eigenvalue weighted by molar-refractivity contribution is 7.71. The number of hydrogen-bond donors (Lipinski definition) is 2. The molecule has 29 heavy (non-hydrogen) atoms. The maximum atomic E-state index is 9.81. The largest absolute Gasteiger partial charge is 0.393 e. The second kappa shape index (κ2) is 8.57. The van der Waals surface area contributed by atoms with Crippen LogP contribution in [0.25, 0.3) is 17.1 Å². The van der Waals surface area contributed by atoms with E-state index < -0.39 is 0 Å². The Hall–Kier alpha value is -2.35. The van der Waals surface area contributed by atoms with E-state index in [4.69, 9.17) is 17.3 Å². The van der Waals surface area contributed by atoms with Gasteiger partial charge in [-0.25, -0.2) is 0 Å². The second-order valence-corrected chi connectivity index (χ2v) is 8.40. The predicted octanol–water partition coefficient (Wildman–Crippen LogP) is 2.59. The topological polar surface area (TPSA) is 60.3 Å². The normalized spacial score (nSPS) is 19.6. The molecule has 3 aromatic rings. The highest BCUT2D eigenvalue weighted by Crippen LogP contribution is 2.28. The third-order valence-corrected chi connectivity index (χ3v) is 5.99. The van der Waals surface area contributed by atoms with E-state index in [9.17, 15) is 5.11 Å². The number of para-hydroxylation sites is 1.